The van der Waals surface area contributed by atoms with Gasteiger partial charge in [-0.05, 0) is 60.5 Å². The SMILES string of the molecule is O=S(=O)(Nc1ccc(F)cc1)c1ccc(COc2ccc(C3CCNN3)nc2)cc1. The first-order chi connectivity index (χ1) is 14.5. The summed E-state index contributed by atoms with van der Waals surface area (Å²) in [5, 5.41) is 0. The number of rotatable bonds is 7. The fourth-order valence-corrected chi connectivity index (χ4v) is 4.11. The van der Waals surface area contributed by atoms with Gasteiger partial charge >= 0.3 is 0 Å². The molecule has 9 heteroatoms. The third-order valence-corrected chi connectivity index (χ3v) is 6.08. The summed E-state index contributed by atoms with van der Waals surface area (Å²) in [6, 6.07) is 15.5. The van der Waals surface area contributed by atoms with Crippen LogP contribution >= 0.6 is 0 Å². The fourth-order valence-electron chi connectivity index (χ4n) is 3.05. The maximum absolute atomic E-state index is 13.0. The third kappa shape index (κ3) is 4.93. The number of hydrazine groups is 1. The van der Waals surface area contributed by atoms with Crippen molar-refractivity contribution in [3.05, 3.63) is 83.9 Å². The molecule has 1 saturated heterocycles. The van der Waals surface area contributed by atoms with Gasteiger partial charge in [0.1, 0.15) is 18.2 Å². The molecule has 0 saturated carbocycles. The van der Waals surface area contributed by atoms with E-state index in [4.69, 9.17) is 4.74 Å². The van der Waals surface area contributed by atoms with E-state index in [0.717, 1.165) is 24.2 Å². The van der Waals surface area contributed by atoms with E-state index in [-0.39, 0.29) is 17.5 Å². The minimum Gasteiger partial charge on any atom is -0.487 e. The molecule has 1 aliphatic rings. The van der Waals surface area contributed by atoms with Gasteiger partial charge < -0.3 is 4.74 Å². The van der Waals surface area contributed by atoms with Crippen LogP contribution in [-0.4, -0.2) is 19.9 Å². The molecule has 2 aromatic carbocycles. The highest BCUT2D eigenvalue weighted by atomic mass is 32.2. The van der Waals surface area contributed by atoms with Crippen LogP contribution < -0.4 is 20.3 Å². The minimum absolute atomic E-state index is 0.110. The van der Waals surface area contributed by atoms with Crippen molar-refractivity contribution >= 4 is 15.7 Å². The maximum Gasteiger partial charge on any atom is 0.261 e. The molecule has 3 N–H and O–H groups in total. The molecule has 1 fully saturated rings. The Morgan fingerprint density at radius 2 is 1.83 bits per heavy atom. The summed E-state index contributed by atoms with van der Waals surface area (Å²) in [7, 11) is -3.76. The van der Waals surface area contributed by atoms with Crippen molar-refractivity contribution in [1.29, 1.82) is 0 Å². The van der Waals surface area contributed by atoms with Gasteiger partial charge in [0, 0.05) is 12.2 Å². The molecule has 30 heavy (non-hydrogen) atoms. The molecule has 0 aliphatic carbocycles. The summed E-state index contributed by atoms with van der Waals surface area (Å²) in [5.41, 5.74) is 8.31. The first kappa shape index (κ1) is 20.3. The van der Waals surface area contributed by atoms with Gasteiger partial charge in [0.2, 0.25) is 0 Å². The summed E-state index contributed by atoms with van der Waals surface area (Å²) in [4.78, 5) is 4.54. The summed E-state index contributed by atoms with van der Waals surface area (Å²) in [6.45, 7) is 1.20. The Balaban J connectivity index is 1.35. The normalized spacial score (nSPS) is 16.4. The van der Waals surface area contributed by atoms with Crippen LogP contribution in [0.2, 0.25) is 0 Å². The Morgan fingerprint density at radius 1 is 1.07 bits per heavy atom. The standard InChI is InChI=1S/C21H21FN4O3S/c22-16-3-5-17(6-4-16)26-30(27,28)19-8-1-15(2-9-19)14-29-18-7-10-20(23-13-18)21-11-12-24-25-21/h1-10,13,21,24-26H,11-12,14H2. The van der Waals surface area contributed by atoms with Crippen LogP contribution in [0.15, 0.2) is 71.8 Å². The molecule has 1 aliphatic heterocycles. The summed E-state index contributed by atoms with van der Waals surface area (Å²) >= 11 is 0. The summed E-state index contributed by atoms with van der Waals surface area (Å²) in [6.07, 6.45) is 2.67. The first-order valence-corrected chi connectivity index (χ1v) is 10.9. The van der Waals surface area contributed by atoms with Gasteiger partial charge in [0.05, 0.1) is 22.8 Å². The molecule has 1 aromatic heterocycles. The van der Waals surface area contributed by atoms with Crippen LogP contribution in [0.5, 0.6) is 5.75 Å². The van der Waals surface area contributed by atoms with E-state index >= 15 is 0 Å². The Kier molecular flexibility index (Phi) is 5.93. The topological polar surface area (TPSA) is 92.4 Å². The molecule has 156 valence electrons. The van der Waals surface area contributed by atoms with Gasteiger partial charge in [-0.3, -0.25) is 15.1 Å². The molecule has 1 atom stereocenters. The van der Waals surface area contributed by atoms with Gasteiger partial charge in [0.25, 0.3) is 10.0 Å². The molecule has 4 rings (SSSR count). The van der Waals surface area contributed by atoms with Crippen molar-refractivity contribution in [3.8, 4) is 5.75 Å². The summed E-state index contributed by atoms with van der Waals surface area (Å²) < 4.78 is 46.1. The number of halogens is 1. The lowest BCUT2D eigenvalue weighted by molar-refractivity contribution is 0.304. The van der Waals surface area contributed by atoms with Gasteiger partial charge in [0.15, 0.2) is 0 Å². The molecule has 0 amide bonds. The van der Waals surface area contributed by atoms with Crippen LogP contribution in [0.25, 0.3) is 0 Å². The number of nitrogens with one attached hydrogen (secondary N) is 3. The molecule has 1 unspecified atom stereocenters. The maximum atomic E-state index is 13.0. The predicted molar refractivity (Wildman–Crippen MR) is 111 cm³/mol. The molecule has 0 radical (unpaired) electrons. The second kappa shape index (κ2) is 8.78. The van der Waals surface area contributed by atoms with Crippen molar-refractivity contribution in [3.63, 3.8) is 0 Å². The van der Waals surface area contributed by atoms with Gasteiger partial charge in [-0.15, -0.1) is 0 Å². The van der Waals surface area contributed by atoms with Gasteiger partial charge in [-0.25, -0.2) is 18.2 Å². The van der Waals surface area contributed by atoms with Gasteiger partial charge in [-0.2, -0.15) is 0 Å². The van der Waals surface area contributed by atoms with Crippen molar-refractivity contribution in [2.45, 2.75) is 24.0 Å². The largest absolute Gasteiger partial charge is 0.487 e. The molecule has 2 heterocycles. The number of ether oxygens (including phenoxy) is 1. The fraction of sp³-hybridized carbons (Fsp3) is 0.190. The number of aromatic nitrogens is 1. The lowest BCUT2D eigenvalue weighted by Gasteiger charge is -2.11. The zero-order valence-corrected chi connectivity index (χ0v) is 16.8. The van der Waals surface area contributed by atoms with E-state index in [1.54, 1.807) is 18.3 Å². The second-order valence-corrected chi connectivity index (χ2v) is 8.56. The van der Waals surface area contributed by atoms with Gasteiger partial charge in [-0.1, -0.05) is 12.1 Å². The van der Waals surface area contributed by atoms with E-state index in [1.165, 1.54) is 36.4 Å². The lowest BCUT2D eigenvalue weighted by atomic mass is 10.1. The van der Waals surface area contributed by atoms with Crippen molar-refractivity contribution in [2.24, 2.45) is 0 Å². The van der Waals surface area contributed by atoms with Crippen LogP contribution in [0.3, 0.4) is 0 Å². The third-order valence-electron chi connectivity index (χ3n) is 4.69. The average molecular weight is 428 g/mol. The zero-order valence-electron chi connectivity index (χ0n) is 16.0. The smallest absolute Gasteiger partial charge is 0.261 e. The highest BCUT2D eigenvalue weighted by Gasteiger charge is 2.17. The Hall–Kier alpha value is -3.01. The van der Waals surface area contributed by atoms with E-state index in [0.29, 0.717) is 11.4 Å². The van der Waals surface area contributed by atoms with E-state index in [1.807, 2.05) is 12.1 Å². The Bertz CT molecular complexity index is 1080. The Morgan fingerprint density at radius 3 is 2.47 bits per heavy atom. The van der Waals surface area contributed by atoms with Crippen LogP contribution in [-0.2, 0) is 16.6 Å². The van der Waals surface area contributed by atoms with Crippen molar-refractivity contribution in [2.75, 3.05) is 11.3 Å². The Labute approximate surface area is 174 Å². The highest BCUT2D eigenvalue weighted by Crippen LogP contribution is 2.20. The number of hydrogen-bond acceptors (Lipinski definition) is 6. The number of hydrogen-bond donors (Lipinski definition) is 3. The number of nitrogens with zero attached hydrogens (tertiary/aromatic N) is 1. The van der Waals surface area contributed by atoms with Crippen LogP contribution in [0.4, 0.5) is 10.1 Å². The zero-order chi connectivity index (χ0) is 21.0. The molecular formula is C21H21FN4O3S. The predicted octanol–water partition coefficient (Wildman–Crippen LogP) is 3.14. The van der Waals surface area contributed by atoms with Crippen LogP contribution in [0, 0.1) is 5.82 Å². The monoisotopic (exact) mass is 428 g/mol. The van der Waals surface area contributed by atoms with E-state index in [9.17, 15) is 12.8 Å². The minimum atomic E-state index is -3.76. The molecule has 0 bridgehead atoms. The number of pyridine rings is 1. The molecular weight excluding hydrogens is 407 g/mol. The van der Waals surface area contributed by atoms with E-state index < -0.39 is 15.8 Å². The van der Waals surface area contributed by atoms with Crippen LogP contribution in [0.1, 0.15) is 23.7 Å². The van der Waals surface area contributed by atoms with Crippen molar-refractivity contribution < 1.29 is 17.5 Å². The quantitative estimate of drug-likeness (QED) is 0.536. The number of benzene rings is 2. The lowest BCUT2D eigenvalue weighted by Crippen LogP contribution is -2.25. The number of anilines is 1. The molecule has 7 nitrogen and oxygen atoms in total. The number of sulfonamides is 1. The molecule has 0 spiro atoms. The highest BCUT2D eigenvalue weighted by molar-refractivity contribution is 7.92. The van der Waals surface area contributed by atoms with Crippen molar-refractivity contribution in [1.82, 2.24) is 15.8 Å². The first-order valence-electron chi connectivity index (χ1n) is 9.44. The summed E-state index contributed by atoms with van der Waals surface area (Å²) in [5.74, 6) is 0.207. The molecule has 3 aromatic rings. The second-order valence-electron chi connectivity index (χ2n) is 6.88. The van der Waals surface area contributed by atoms with E-state index in [2.05, 4.69) is 20.6 Å². The average Bonchev–Trinajstić information content (AvgIpc) is 3.29.